The van der Waals surface area contributed by atoms with E-state index < -0.39 is 0 Å². The van der Waals surface area contributed by atoms with Gasteiger partial charge in [0.25, 0.3) is 0 Å². The number of hydrogen-bond acceptors (Lipinski definition) is 4. The lowest BCUT2D eigenvalue weighted by Crippen LogP contribution is -2.46. The Hall–Kier alpha value is -1.49. The molecule has 2 aromatic rings. The molecule has 1 heterocycles. The van der Waals surface area contributed by atoms with Crippen LogP contribution in [0.15, 0.2) is 30.3 Å². The molecule has 0 amide bonds. The predicted octanol–water partition coefficient (Wildman–Crippen LogP) is 3.25. The van der Waals surface area contributed by atoms with E-state index in [9.17, 15) is 0 Å². The molecule has 0 spiro atoms. The molecular weight excluding hydrogens is 262 g/mol. The zero-order valence-corrected chi connectivity index (χ0v) is 13.3. The van der Waals surface area contributed by atoms with E-state index in [0.717, 1.165) is 28.6 Å². The molecule has 2 atom stereocenters. The molecule has 1 aromatic carbocycles. The highest BCUT2D eigenvalue weighted by atomic mass is 16.5. The number of aromatic nitrogens is 1. The molecule has 21 heavy (non-hydrogen) atoms. The van der Waals surface area contributed by atoms with Crippen LogP contribution in [0, 0.1) is 6.92 Å². The normalized spacial score (nSPS) is 15.9. The first kappa shape index (κ1) is 15.9. The van der Waals surface area contributed by atoms with Gasteiger partial charge >= 0.3 is 0 Å². The second-order valence-electron chi connectivity index (χ2n) is 5.60. The van der Waals surface area contributed by atoms with Crippen LogP contribution < -0.4 is 11.3 Å². The first-order valence-electron chi connectivity index (χ1n) is 7.51. The van der Waals surface area contributed by atoms with E-state index in [1.54, 1.807) is 0 Å². The Morgan fingerprint density at radius 2 is 2.05 bits per heavy atom. The highest BCUT2D eigenvalue weighted by Crippen LogP contribution is 2.32. The van der Waals surface area contributed by atoms with Gasteiger partial charge in [0.15, 0.2) is 0 Å². The topological polar surface area (TPSA) is 60.2 Å². The Balaban J connectivity index is 2.44. The minimum absolute atomic E-state index is 0.0619. The zero-order chi connectivity index (χ0) is 15.5. The van der Waals surface area contributed by atoms with Gasteiger partial charge in [-0.3, -0.25) is 16.3 Å². The van der Waals surface area contributed by atoms with Crippen molar-refractivity contribution in [3.8, 4) is 0 Å². The van der Waals surface area contributed by atoms with Gasteiger partial charge in [-0.25, -0.2) is 0 Å². The molecule has 0 aliphatic carbocycles. The fraction of sp³-hybridized carbons (Fsp3) is 0.471. The molecule has 3 N–H and O–H groups in total. The quantitative estimate of drug-likeness (QED) is 0.632. The van der Waals surface area contributed by atoms with Gasteiger partial charge in [0.2, 0.25) is 0 Å². The van der Waals surface area contributed by atoms with Gasteiger partial charge in [-0.05, 0) is 51.0 Å². The lowest BCUT2D eigenvalue weighted by atomic mass is 9.87. The molecule has 4 heteroatoms. The summed E-state index contributed by atoms with van der Waals surface area (Å²) in [5.41, 5.74) is 5.73. The van der Waals surface area contributed by atoms with Crippen LogP contribution in [-0.4, -0.2) is 17.2 Å². The maximum atomic E-state index is 5.96. The number of fused-ring (bicyclic) bond motifs is 1. The van der Waals surface area contributed by atoms with E-state index in [-0.39, 0.29) is 11.6 Å². The first-order valence-corrected chi connectivity index (χ1v) is 7.51. The van der Waals surface area contributed by atoms with E-state index >= 15 is 0 Å². The monoisotopic (exact) mass is 287 g/mol. The summed E-state index contributed by atoms with van der Waals surface area (Å²) < 4.78 is 5.96. The van der Waals surface area contributed by atoms with Gasteiger partial charge in [0, 0.05) is 17.7 Å². The molecule has 0 aliphatic heterocycles. The minimum Gasteiger partial charge on any atom is -0.374 e. The summed E-state index contributed by atoms with van der Waals surface area (Å²) in [4.78, 5) is 4.54. The molecule has 1 aromatic heterocycles. The van der Waals surface area contributed by atoms with Crippen molar-refractivity contribution in [2.75, 3.05) is 6.61 Å². The summed E-state index contributed by atoms with van der Waals surface area (Å²) in [6.07, 6.45) is 0.875. The van der Waals surface area contributed by atoms with E-state index in [4.69, 9.17) is 10.6 Å². The highest BCUT2D eigenvalue weighted by molar-refractivity contribution is 5.79. The number of ether oxygens (including phenoxy) is 1. The average Bonchev–Trinajstić information content (AvgIpc) is 2.48. The van der Waals surface area contributed by atoms with Gasteiger partial charge in [-0.2, -0.15) is 0 Å². The van der Waals surface area contributed by atoms with Crippen LogP contribution >= 0.6 is 0 Å². The first-order chi connectivity index (χ1) is 10.0. The molecule has 0 bridgehead atoms. The Morgan fingerprint density at radius 3 is 2.67 bits per heavy atom. The number of nitrogens with zero attached hydrogens (tertiary/aromatic N) is 1. The summed E-state index contributed by atoms with van der Waals surface area (Å²) in [7, 11) is 0. The fourth-order valence-corrected chi connectivity index (χ4v) is 2.77. The van der Waals surface area contributed by atoms with E-state index in [1.165, 1.54) is 0 Å². The van der Waals surface area contributed by atoms with Crippen LogP contribution in [0.3, 0.4) is 0 Å². The number of pyridine rings is 1. The summed E-state index contributed by atoms with van der Waals surface area (Å²) in [5.74, 6) is 5.82. The van der Waals surface area contributed by atoms with Gasteiger partial charge in [0.1, 0.15) is 0 Å². The van der Waals surface area contributed by atoms with Crippen LogP contribution in [0.4, 0.5) is 0 Å². The maximum Gasteiger partial charge on any atom is 0.0858 e. The summed E-state index contributed by atoms with van der Waals surface area (Å²) in [5, 5.41) is 1.12. The van der Waals surface area contributed by atoms with Crippen molar-refractivity contribution in [3.05, 3.63) is 41.6 Å². The number of hydrazine groups is 1. The van der Waals surface area contributed by atoms with Crippen LogP contribution in [0.5, 0.6) is 0 Å². The summed E-state index contributed by atoms with van der Waals surface area (Å²) in [6.45, 7) is 8.89. The number of rotatable bonds is 6. The van der Waals surface area contributed by atoms with Crippen LogP contribution in [0.25, 0.3) is 10.9 Å². The van der Waals surface area contributed by atoms with Crippen molar-refractivity contribution in [2.45, 2.75) is 45.8 Å². The molecule has 0 radical (unpaired) electrons. The third-order valence-electron chi connectivity index (χ3n) is 4.14. The maximum absolute atomic E-state index is 5.96. The largest absolute Gasteiger partial charge is 0.374 e. The zero-order valence-electron chi connectivity index (χ0n) is 13.3. The van der Waals surface area contributed by atoms with Crippen molar-refractivity contribution in [3.63, 3.8) is 0 Å². The lowest BCUT2D eigenvalue weighted by Gasteiger charge is -2.36. The average molecular weight is 287 g/mol. The minimum atomic E-state index is -0.338. The van der Waals surface area contributed by atoms with E-state index in [0.29, 0.717) is 6.61 Å². The molecular formula is C17H25N3O. The molecule has 4 nitrogen and oxygen atoms in total. The molecule has 0 saturated carbocycles. The van der Waals surface area contributed by atoms with E-state index in [2.05, 4.69) is 42.5 Å². The SMILES string of the molecule is CCOC(C)(CC)C(NN)c1ccc2nc(C)ccc2c1. The van der Waals surface area contributed by atoms with Crippen molar-refractivity contribution < 1.29 is 4.74 Å². The standard InChI is InChI=1S/C17H25N3O/c1-5-17(4,21-6-2)16(20-18)14-9-10-15-13(11-14)8-7-12(3)19-15/h7-11,16,20H,5-6,18H2,1-4H3. The van der Waals surface area contributed by atoms with Crippen LogP contribution in [-0.2, 0) is 4.74 Å². The number of aryl methyl sites for hydroxylation is 1. The van der Waals surface area contributed by atoms with Crippen molar-refractivity contribution in [2.24, 2.45) is 5.84 Å². The van der Waals surface area contributed by atoms with E-state index in [1.807, 2.05) is 26.0 Å². The van der Waals surface area contributed by atoms with Gasteiger partial charge in [0.05, 0.1) is 17.2 Å². The highest BCUT2D eigenvalue weighted by Gasteiger charge is 2.33. The van der Waals surface area contributed by atoms with Gasteiger partial charge < -0.3 is 4.74 Å². The third kappa shape index (κ3) is 3.23. The molecule has 0 fully saturated rings. The Bertz CT molecular complexity index is 614. The van der Waals surface area contributed by atoms with Gasteiger partial charge in [-0.1, -0.05) is 19.1 Å². The second-order valence-corrected chi connectivity index (χ2v) is 5.60. The Morgan fingerprint density at radius 1 is 1.29 bits per heavy atom. The van der Waals surface area contributed by atoms with Crippen molar-refractivity contribution in [1.29, 1.82) is 0 Å². The number of nitrogens with one attached hydrogen (secondary N) is 1. The second kappa shape index (κ2) is 6.52. The van der Waals surface area contributed by atoms with Crippen LogP contribution in [0.2, 0.25) is 0 Å². The number of nitrogens with two attached hydrogens (primary N) is 1. The van der Waals surface area contributed by atoms with Crippen molar-refractivity contribution >= 4 is 10.9 Å². The Kier molecular flexibility index (Phi) is 4.93. The molecule has 114 valence electrons. The predicted molar refractivity (Wildman–Crippen MR) is 86.9 cm³/mol. The molecule has 0 saturated heterocycles. The number of hydrogen-bond donors (Lipinski definition) is 2. The van der Waals surface area contributed by atoms with Crippen molar-refractivity contribution in [1.82, 2.24) is 10.4 Å². The molecule has 0 aliphatic rings. The third-order valence-corrected chi connectivity index (χ3v) is 4.14. The summed E-state index contributed by atoms with van der Waals surface area (Å²) >= 11 is 0. The molecule has 2 unspecified atom stereocenters. The van der Waals surface area contributed by atoms with Gasteiger partial charge in [-0.15, -0.1) is 0 Å². The Labute approximate surface area is 126 Å². The smallest absolute Gasteiger partial charge is 0.0858 e. The van der Waals surface area contributed by atoms with Crippen LogP contribution in [0.1, 0.15) is 44.5 Å². The summed E-state index contributed by atoms with van der Waals surface area (Å²) in [6, 6.07) is 10.3. The molecule has 2 rings (SSSR count). The lowest BCUT2D eigenvalue weighted by molar-refractivity contribution is -0.0563. The number of benzene rings is 1. The fourth-order valence-electron chi connectivity index (χ4n) is 2.77.